The third kappa shape index (κ3) is 7.03. The van der Waals surface area contributed by atoms with Crippen LogP contribution in [0.4, 0.5) is 14.6 Å². The lowest BCUT2D eigenvalue weighted by Crippen LogP contribution is -2.72. The third-order valence-electron chi connectivity index (χ3n) is 12.1. The van der Waals surface area contributed by atoms with Crippen LogP contribution < -0.4 is 9.64 Å². The minimum absolute atomic E-state index is 0.0320. The van der Waals surface area contributed by atoms with Crippen LogP contribution in [0.1, 0.15) is 32.1 Å². The van der Waals surface area contributed by atoms with Crippen LogP contribution in [0.25, 0.3) is 32.9 Å². The molecule has 6 aliphatic heterocycles. The number of methoxy groups -OCH3 is 1. The molecule has 4 unspecified atom stereocenters. The molecule has 6 aliphatic rings. The first-order valence-corrected chi connectivity index (χ1v) is 19.8. The highest BCUT2D eigenvalue weighted by Crippen LogP contribution is 2.39. The number of fused-ring (bicyclic) bond motifs is 5. The van der Waals surface area contributed by atoms with Crippen molar-refractivity contribution in [3.63, 3.8) is 0 Å². The molecule has 0 radical (unpaired) electrons. The Kier molecular flexibility index (Phi) is 10.1. The van der Waals surface area contributed by atoms with E-state index in [4.69, 9.17) is 25.8 Å². The van der Waals surface area contributed by atoms with E-state index in [1.807, 2.05) is 35.2 Å². The molecule has 11 nitrogen and oxygen atoms in total. The molecule has 1 spiro atoms. The van der Waals surface area contributed by atoms with Crippen LogP contribution in [0.3, 0.4) is 0 Å². The summed E-state index contributed by atoms with van der Waals surface area (Å²) in [6.45, 7) is 6.65. The van der Waals surface area contributed by atoms with Crippen LogP contribution in [0.5, 0.6) is 6.01 Å². The lowest BCUT2D eigenvalue weighted by molar-refractivity contribution is -0.164. The van der Waals surface area contributed by atoms with Crippen molar-refractivity contribution in [1.82, 2.24) is 29.7 Å². The van der Waals surface area contributed by atoms with Crippen LogP contribution in [0.2, 0.25) is 5.02 Å². The van der Waals surface area contributed by atoms with Gasteiger partial charge in [-0.1, -0.05) is 48.0 Å². The van der Waals surface area contributed by atoms with Crippen molar-refractivity contribution in [2.24, 2.45) is 0 Å². The van der Waals surface area contributed by atoms with Gasteiger partial charge in [0.25, 0.3) is 0 Å². The van der Waals surface area contributed by atoms with Crippen LogP contribution in [-0.4, -0.2) is 138 Å². The first kappa shape index (κ1) is 36.6. The second-order valence-corrected chi connectivity index (χ2v) is 16.1. The van der Waals surface area contributed by atoms with E-state index in [1.165, 1.54) is 20.0 Å². The normalized spacial score (nSPS) is 26.1. The maximum absolute atomic E-state index is 16.4. The second kappa shape index (κ2) is 15.2. The summed E-state index contributed by atoms with van der Waals surface area (Å²) in [5, 5.41) is 2.58. The fraction of sp³-hybridized carbons (Fsp3) is 0.512. The highest BCUT2D eigenvalue weighted by molar-refractivity contribution is 6.36. The van der Waals surface area contributed by atoms with Gasteiger partial charge >= 0.3 is 6.01 Å². The molecule has 1 amide bonds. The minimum atomic E-state index is -0.583. The molecule has 55 heavy (non-hydrogen) atoms. The molecule has 6 fully saturated rings. The molecule has 10 rings (SSSR count). The van der Waals surface area contributed by atoms with Crippen LogP contribution >= 0.6 is 11.6 Å². The summed E-state index contributed by atoms with van der Waals surface area (Å²) in [6, 6.07) is 11.8. The van der Waals surface area contributed by atoms with Gasteiger partial charge in [0.2, 0.25) is 5.91 Å². The molecule has 0 saturated carbocycles. The Morgan fingerprint density at radius 1 is 1.05 bits per heavy atom. The van der Waals surface area contributed by atoms with Crippen LogP contribution in [0.15, 0.2) is 54.7 Å². The van der Waals surface area contributed by atoms with E-state index in [9.17, 15) is 9.18 Å². The zero-order valence-electron chi connectivity index (χ0n) is 31.0. The number of carbonyl (C=O) groups excluding carboxylic acids is 1. The predicted octanol–water partition coefficient (Wildman–Crippen LogP) is 5.68. The number of ether oxygens (including phenoxy) is 3. The number of likely N-dealkylation sites (tertiary alicyclic amines) is 1. The van der Waals surface area contributed by atoms with Crippen molar-refractivity contribution in [2.45, 2.75) is 62.1 Å². The second-order valence-electron chi connectivity index (χ2n) is 15.7. The van der Waals surface area contributed by atoms with Crippen molar-refractivity contribution < 1.29 is 27.8 Å². The van der Waals surface area contributed by atoms with Crippen LogP contribution in [0, 0.1) is 5.82 Å². The number of hydrogen-bond acceptors (Lipinski definition) is 10. The fourth-order valence-corrected chi connectivity index (χ4v) is 9.67. The topological polar surface area (TPSA) is 96.4 Å². The average molecular weight is 774 g/mol. The molecular weight excluding hydrogens is 728 g/mol. The van der Waals surface area contributed by atoms with Gasteiger partial charge in [0.1, 0.15) is 28.7 Å². The number of benzene rings is 2. The van der Waals surface area contributed by atoms with Gasteiger partial charge < -0.3 is 24.0 Å². The largest absolute Gasteiger partial charge is 0.467 e. The Morgan fingerprint density at radius 3 is 2.60 bits per heavy atom. The molecule has 2 aromatic heterocycles. The van der Waals surface area contributed by atoms with E-state index >= 15 is 4.39 Å². The Bertz CT molecular complexity index is 2090. The van der Waals surface area contributed by atoms with E-state index < -0.39 is 17.5 Å². The first-order chi connectivity index (χ1) is 26.8. The Morgan fingerprint density at radius 2 is 1.85 bits per heavy atom. The number of aromatic nitrogens is 3. The molecule has 0 N–H and O–H groups in total. The number of amides is 1. The number of alkyl halides is 1. The summed E-state index contributed by atoms with van der Waals surface area (Å²) in [5.74, 6) is -0.109. The van der Waals surface area contributed by atoms with Crippen molar-refractivity contribution in [1.29, 1.82) is 0 Å². The number of halogens is 3. The molecule has 4 aromatic rings. The lowest BCUT2D eigenvalue weighted by atomic mass is 9.91. The van der Waals surface area contributed by atoms with Gasteiger partial charge in [-0.3, -0.25) is 19.6 Å². The van der Waals surface area contributed by atoms with Gasteiger partial charge in [-0.05, 0) is 50.1 Å². The van der Waals surface area contributed by atoms with Gasteiger partial charge in [-0.25, -0.2) is 8.78 Å². The molecule has 14 heteroatoms. The van der Waals surface area contributed by atoms with Crippen molar-refractivity contribution in [2.75, 3.05) is 77.6 Å². The van der Waals surface area contributed by atoms with Gasteiger partial charge in [-0.15, -0.1) is 0 Å². The molecule has 6 saturated heterocycles. The lowest BCUT2D eigenvalue weighted by Gasteiger charge is -2.55. The number of anilines is 1. The monoisotopic (exact) mass is 773 g/mol. The maximum Gasteiger partial charge on any atom is 0.318 e. The summed E-state index contributed by atoms with van der Waals surface area (Å²) in [7, 11) is 1.46. The minimum Gasteiger partial charge on any atom is -0.467 e. The highest BCUT2D eigenvalue weighted by Gasteiger charge is 2.50. The summed E-state index contributed by atoms with van der Waals surface area (Å²) in [6.07, 6.45) is 10.9. The number of nitrogens with zero attached hydrogens (tertiary/aromatic N) is 7. The molecule has 2 bridgehead atoms. The van der Waals surface area contributed by atoms with Gasteiger partial charge in [0, 0.05) is 80.1 Å². The number of pyridine rings is 1. The van der Waals surface area contributed by atoms with E-state index in [0.717, 1.165) is 56.2 Å². The molecule has 8 heterocycles. The van der Waals surface area contributed by atoms with Gasteiger partial charge in [0.15, 0.2) is 5.82 Å². The molecular formula is C41H46ClF2N7O4. The Hall–Kier alpha value is -4.01. The first-order valence-electron chi connectivity index (χ1n) is 19.4. The number of piperazine rings is 1. The van der Waals surface area contributed by atoms with E-state index in [2.05, 4.69) is 29.7 Å². The number of rotatable bonds is 6. The van der Waals surface area contributed by atoms with E-state index in [-0.39, 0.29) is 23.1 Å². The Labute approximate surface area is 324 Å². The smallest absolute Gasteiger partial charge is 0.318 e. The fourth-order valence-electron chi connectivity index (χ4n) is 9.39. The zero-order chi connectivity index (χ0) is 37.7. The third-order valence-corrected chi connectivity index (χ3v) is 12.4. The highest BCUT2D eigenvalue weighted by atomic mass is 35.5. The van der Waals surface area contributed by atoms with Crippen molar-refractivity contribution in [3.8, 4) is 17.3 Å². The number of morpholine rings is 1. The quantitative estimate of drug-likeness (QED) is 0.228. The Balaban J connectivity index is 0.000000385. The molecule has 4 atom stereocenters. The zero-order valence-corrected chi connectivity index (χ0v) is 31.8. The van der Waals surface area contributed by atoms with Crippen molar-refractivity contribution in [3.05, 3.63) is 65.6 Å². The number of hydrogen-bond donors (Lipinski definition) is 0. The van der Waals surface area contributed by atoms with E-state index in [1.54, 1.807) is 24.4 Å². The molecule has 2 aromatic carbocycles. The average Bonchev–Trinajstić information content (AvgIpc) is 3.87. The summed E-state index contributed by atoms with van der Waals surface area (Å²) >= 11 is 6.56. The van der Waals surface area contributed by atoms with E-state index in [0.29, 0.717) is 79.4 Å². The summed E-state index contributed by atoms with van der Waals surface area (Å²) in [5.41, 5.74) is 0.309. The van der Waals surface area contributed by atoms with Gasteiger partial charge in [0.05, 0.1) is 37.9 Å². The molecule has 0 aliphatic carbocycles. The predicted molar refractivity (Wildman–Crippen MR) is 207 cm³/mol. The molecule has 290 valence electrons. The van der Waals surface area contributed by atoms with Crippen LogP contribution in [-0.2, 0) is 14.3 Å². The summed E-state index contributed by atoms with van der Waals surface area (Å²) < 4.78 is 46.1. The number of carbonyl (C=O) groups is 1. The maximum atomic E-state index is 16.4. The van der Waals surface area contributed by atoms with Crippen molar-refractivity contribution >= 4 is 45.0 Å². The SMILES string of the molecule is COc1nc(N2CCN(C(=O)/C=C/CN3CC4CCC(C3)O4)C3(COC3)C2)c2cnc(-c3cccc4cccc(Cl)c34)c(F)c2n1.FC1CC2CCCN2C1. The summed E-state index contributed by atoms with van der Waals surface area (Å²) in [4.78, 5) is 35.8. The standard InChI is InChI=1S/C34H34ClFN6O4.C7H12FN/c1-44-33-38-31-25(15-37-30(29(31)36)24-7-2-5-21-6-3-8-26(35)28(21)24)32(39-33)41-13-14-42(34(18-41)19-45-20-34)27(43)9-4-12-40-16-22-10-11-23(17-40)46-22;8-6-4-7-2-1-3-9(7)5-6/h2-9,15,22-23H,10-14,16-20H2,1H3;6-7H,1-5H2/b9-4+;. The van der Waals surface area contributed by atoms with Gasteiger partial charge in [-0.2, -0.15) is 9.97 Å².